The quantitative estimate of drug-likeness (QED) is 0.137. The van der Waals surface area contributed by atoms with E-state index in [0.29, 0.717) is 0 Å². The van der Waals surface area contributed by atoms with Crippen molar-refractivity contribution in [3.63, 3.8) is 0 Å². The Morgan fingerprint density at radius 1 is 0.236 bits per heavy atom. The van der Waals surface area contributed by atoms with Gasteiger partial charge in [0.2, 0.25) is 0 Å². The largest absolute Gasteiger partial charge is 0.310 e. The molecule has 0 bridgehead atoms. The summed E-state index contributed by atoms with van der Waals surface area (Å²) in [5.74, 6) is 0. The van der Waals surface area contributed by atoms with E-state index in [9.17, 15) is 0 Å². The van der Waals surface area contributed by atoms with E-state index in [2.05, 4.69) is 290 Å². The summed E-state index contributed by atoms with van der Waals surface area (Å²) in [5, 5.41) is 10.0. The first-order valence-corrected chi connectivity index (χ1v) is 25.0. The first kappa shape index (κ1) is 41.7. The van der Waals surface area contributed by atoms with Crippen LogP contribution in [0.3, 0.4) is 0 Å². The Bertz CT molecular complexity index is 4170. The summed E-state index contributed by atoms with van der Waals surface area (Å²) in [6.07, 6.45) is 0. The van der Waals surface area contributed by atoms with Crippen molar-refractivity contribution in [3.8, 4) is 44.5 Å². The molecule has 0 aliphatic heterocycles. The van der Waals surface area contributed by atoms with Gasteiger partial charge in [0.05, 0.1) is 11.1 Å². The van der Waals surface area contributed by atoms with Gasteiger partial charge < -0.3 is 4.90 Å². The summed E-state index contributed by atoms with van der Waals surface area (Å²) in [6.45, 7) is 0. The van der Waals surface area contributed by atoms with Crippen LogP contribution in [0.15, 0.2) is 285 Å². The zero-order valence-electron chi connectivity index (χ0n) is 39.6. The molecule has 1 aliphatic carbocycles. The molecular weight excluding hydrogens is 867 g/mol. The van der Waals surface area contributed by atoms with Crippen molar-refractivity contribution in [2.75, 3.05) is 4.90 Å². The lowest BCUT2D eigenvalue weighted by atomic mass is 9.67. The molecule has 0 amide bonds. The molecule has 0 radical (unpaired) electrons. The van der Waals surface area contributed by atoms with Gasteiger partial charge in [-0.1, -0.05) is 237 Å². The van der Waals surface area contributed by atoms with Crippen LogP contribution >= 0.6 is 0 Å². The molecule has 0 atom stereocenters. The van der Waals surface area contributed by atoms with E-state index in [-0.39, 0.29) is 0 Å². The Balaban J connectivity index is 0.914. The topological polar surface area (TPSA) is 3.24 Å². The highest BCUT2D eigenvalue weighted by Gasteiger charge is 2.46. The molecule has 336 valence electrons. The lowest BCUT2D eigenvalue weighted by Gasteiger charge is -2.33. The molecule has 13 aromatic rings. The summed E-state index contributed by atoms with van der Waals surface area (Å²) in [4.78, 5) is 2.44. The Morgan fingerprint density at radius 2 is 0.708 bits per heavy atom. The highest BCUT2D eigenvalue weighted by atomic mass is 15.1. The van der Waals surface area contributed by atoms with Crippen molar-refractivity contribution in [1.29, 1.82) is 0 Å². The number of rotatable bonds is 8. The molecule has 0 heterocycles. The van der Waals surface area contributed by atoms with Gasteiger partial charge in [-0.25, -0.2) is 0 Å². The Kier molecular flexibility index (Phi) is 9.82. The zero-order chi connectivity index (χ0) is 47.6. The molecule has 0 aromatic heterocycles. The maximum atomic E-state index is 2.44. The fourth-order valence-corrected chi connectivity index (χ4v) is 11.9. The molecule has 72 heavy (non-hydrogen) atoms. The highest BCUT2D eigenvalue weighted by molar-refractivity contribution is 6.10. The van der Waals surface area contributed by atoms with Gasteiger partial charge in [0.25, 0.3) is 0 Å². The minimum absolute atomic E-state index is 0.433. The van der Waals surface area contributed by atoms with Crippen LogP contribution in [0.25, 0.3) is 87.6 Å². The van der Waals surface area contributed by atoms with Crippen LogP contribution < -0.4 is 4.90 Å². The van der Waals surface area contributed by atoms with Crippen molar-refractivity contribution in [1.82, 2.24) is 0 Å². The average Bonchev–Trinajstić information content (AvgIpc) is 3.76. The third-order valence-corrected chi connectivity index (χ3v) is 15.3. The molecule has 1 nitrogen and oxygen atoms in total. The van der Waals surface area contributed by atoms with Crippen LogP contribution in [-0.2, 0) is 5.41 Å². The minimum Gasteiger partial charge on any atom is -0.310 e. The van der Waals surface area contributed by atoms with Gasteiger partial charge >= 0.3 is 0 Å². The first-order chi connectivity index (χ1) is 35.7. The van der Waals surface area contributed by atoms with Crippen molar-refractivity contribution in [3.05, 3.63) is 307 Å². The van der Waals surface area contributed by atoms with Crippen LogP contribution in [0.1, 0.15) is 22.3 Å². The van der Waals surface area contributed by atoms with Gasteiger partial charge in [-0.15, -0.1) is 0 Å². The second-order valence-corrected chi connectivity index (χ2v) is 19.2. The highest BCUT2D eigenvalue weighted by Crippen LogP contribution is 2.57. The van der Waals surface area contributed by atoms with Crippen molar-refractivity contribution in [2.45, 2.75) is 5.41 Å². The predicted octanol–water partition coefficient (Wildman–Crippen LogP) is 19.1. The Hall–Kier alpha value is -9.30. The summed E-state index contributed by atoms with van der Waals surface area (Å²) in [7, 11) is 0. The monoisotopic (exact) mass is 913 g/mol. The van der Waals surface area contributed by atoms with Crippen LogP contribution in [0.4, 0.5) is 17.1 Å². The third kappa shape index (κ3) is 6.70. The molecule has 0 N–H and O–H groups in total. The molecule has 0 unspecified atom stereocenters. The lowest BCUT2D eigenvalue weighted by molar-refractivity contribution is 0.768. The fourth-order valence-electron chi connectivity index (χ4n) is 11.9. The van der Waals surface area contributed by atoms with Crippen molar-refractivity contribution < 1.29 is 0 Å². The van der Waals surface area contributed by atoms with Crippen LogP contribution in [0.5, 0.6) is 0 Å². The number of anilines is 3. The van der Waals surface area contributed by atoms with Gasteiger partial charge in [-0.2, -0.15) is 0 Å². The van der Waals surface area contributed by atoms with E-state index < -0.39 is 5.41 Å². The standard InChI is InChI=1S/C71H47N/c1-3-19-57(20-4-1)71(58-21-5-2-6-22-58)68-28-13-11-27-64(68)67-46-54(40-43-69(67)71)48-38-41-59(42-39-48)72(60-23-15-18-53(44-60)55-36-34-51-32-30-49-16-7-9-24-61(49)65(51)45-55)70-29-14-12-26-63(70)56-37-35-52-33-31-50-17-8-10-25-62(50)66(52)47-56/h1-47H. The van der Waals surface area contributed by atoms with E-state index >= 15 is 0 Å². The number of hydrogen-bond donors (Lipinski definition) is 0. The maximum absolute atomic E-state index is 2.44. The summed E-state index contributed by atoms with van der Waals surface area (Å²) < 4.78 is 0. The van der Waals surface area contributed by atoms with Crippen LogP contribution in [0.2, 0.25) is 0 Å². The number of hydrogen-bond acceptors (Lipinski definition) is 1. The molecular formula is C71H47N. The third-order valence-electron chi connectivity index (χ3n) is 15.3. The zero-order valence-corrected chi connectivity index (χ0v) is 39.6. The number of nitrogens with zero attached hydrogens (tertiary/aromatic N) is 1. The molecule has 1 aliphatic rings. The normalized spacial score (nSPS) is 12.6. The van der Waals surface area contributed by atoms with E-state index in [1.807, 2.05) is 0 Å². The smallest absolute Gasteiger partial charge is 0.0713 e. The lowest BCUT2D eigenvalue weighted by Crippen LogP contribution is -2.28. The Labute approximate surface area is 420 Å². The van der Waals surface area contributed by atoms with Gasteiger partial charge in [0, 0.05) is 16.9 Å². The van der Waals surface area contributed by atoms with E-state index in [1.165, 1.54) is 104 Å². The van der Waals surface area contributed by atoms with Crippen LogP contribution in [0, 0.1) is 0 Å². The number of para-hydroxylation sites is 1. The first-order valence-electron chi connectivity index (χ1n) is 25.0. The molecule has 0 saturated carbocycles. The number of benzene rings is 13. The molecule has 0 fully saturated rings. The van der Waals surface area contributed by atoms with E-state index in [4.69, 9.17) is 0 Å². The fraction of sp³-hybridized carbons (Fsp3) is 0.0141. The second-order valence-electron chi connectivity index (χ2n) is 19.2. The van der Waals surface area contributed by atoms with Crippen LogP contribution in [-0.4, -0.2) is 0 Å². The predicted molar refractivity (Wildman–Crippen MR) is 305 cm³/mol. The SMILES string of the molecule is c1ccc(C2(c3ccccc3)c3ccccc3-c3cc(-c4ccc(N(c5cccc(-c6ccc7ccc8ccccc8c7c6)c5)c5ccccc5-c5ccc6ccc7ccccc7c6c5)cc4)ccc32)cc1. The van der Waals surface area contributed by atoms with Crippen molar-refractivity contribution >= 4 is 60.2 Å². The van der Waals surface area contributed by atoms with Gasteiger partial charge in [0.15, 0.2) is 0 Å². The molecule has 0 saturated heterocycles. The molecule has 13 aromatic carbocycles. The van der Waals surface area contributed by atoms with Gasteiger partial charge in [-0.3, -0.25) is 0 Å². The van der Waals surface area contributed by atoms with Gasteiger partial charge in [-0.05, 0) is 153 Å². The van der Waals surface area contributed by atoms with Crippen molar-refractivity contribution in [2.24, 2.45) is 0 Å². The van der Waals surface area contributed by atoms with Gasteiger partial charge in [0.1, 0.15) is 0 Å². The minimum atomic E-state index is -0.433. The van der Waals surface area contributed by atoms with E-state index in [0.717, 1.165) is 22.6 Å². The molecule has 14 rings (SSSR count). The molecule has 1 heteroatoms. The Morgan fingerprint density at radius 3 is 1.39 bits per heavy atom. The van der Waals surface area contributed by atoms with E-state index in [1.54, 1.807) is 0 Å². The second kappa shape index (κ2) is 17.0. The average molecular weight is 914 g/mol. The number of fused-ring (bicyclic) bond motifs is 9. The summed E-state index contributed by atoms with van der Waals surface area (Å²) in [6, 6.07) is 105. The summed E-state index contributed by atoms with van der Waals surface area (Å²) >= 11 is 0. The molecule has 0 spiro atoms. The summed E-state index contributed by atoms with van der Waals surface area (Å²) in [5.41, 5.74) is 17.6. The maximum Gasteiger partial charge on any atom is 0.0713 e.